The molecule has 0 aliphatic heterocycles. The lowest BCUT2D eigenvalue weighted by molar-refractivity contribution is 0.104. The first-order chi connectivity index (χ1) is 13.7. The molecule has 0 radical (unpaired) electrons. The van der Waals surface area contributed by atoms with E-state index in [1.54, 1.807) is 23.1 Å². The largest absolute Gasteiger partial charge is 0.383 e. The normalized spacial score (nSPS) is 10.8. The smallest absolute Gasteiger partial charge is 0.198 e. The van der Waals surface area contributed by atoms with Crippen molar-refractivity contribution in [2.75, 3.05) is 5.73 Å². The van der Waals surface area contributed by atoms with E-state index in [2.05, 4.69) is 10.1 Å². The fourth-order valence-corrected chi connectivity index (χ4v) is 3.21. The molecule has 0 fully saturated rings. The Balaban J connectivity index is 1.79. The van der Waals surface area contributed by atoms with Crippen LogP contribution in [0.15, 0.2) is 79.3 Å². The Morgan fingerprint density at radius 1 is 0.929 bits per heavy atom. The lowest BCUT2D eigenvalue weighted by Gasteiger charge is -2.11. The Morgan fingerprint density at radius 3 is 2.50 bits per heavy atom. The monoisotopic (exact) mass is 369 g/mol. The Kier molecular flexibility index (Phi) is 4.70. The molecule has 0 amide bonds. The first-order valence-corrected chi connectivity index (χ1v) is 8.86. The summed E-state index contributed by atoms with van der Waals surface area (Å²) in [5, 5.41) is 4.35. The molecule has 28 heavy (non-hydrogen) atoms. The number of hydrogen-bond donors (Lipinski definition) is 2. The predicted molar refractivity (Wildman–Crippen MR) is 109 cm³/mol. The molecule has 4 rings (SSSR count). The number of para-hydroxylation sites is 1. The van der Waals surface area contributed by atoms with Crippen molar-refractivity contribution in [3.63, 3.8) is 0 Å². The van der Waals surface area contributed by atoms with Crippen LogP contribution in [0.2, 0.25) is 0 Å². The number of benzene rings is 2. The first-order valence-electron chi connectivity index (χ1n) is 8.86. The van der Waals surface area contributed by atoms with Crippen LogP contribution in [0.25, 0.3) is 16.8 Å². The molecule has 0 saturated carbocycles. The number of carbonyl (C=O) groups is 1. The summed E-state index contributed by atoms with van der Waals surface area (Å²) < 4.78 is 1.56. The molecule has 6 heteroatoms. The van der Waals surface area contributed by atoms with Crippen molar-refractivity contribution in [3.05, 3.63) is 95.9 Å². The second-order valence-electron chi connectivity index (χ2n) is 6.30. The summed E-state index contributed by atoms with van der Waals surface area (Å²) in [5.41, 5.74) is 16.4. The van der Waals surface area contributed by atoms with Gasteiger partial charge in [0.2, 0.25) is 0 Å². The number of rotatable bonds is 5. The third kappa shape index (κ3) is 3.06. The molecule has 138 valence electrons. The summed E-state index contributed by atoms with van der Waals surface area (Å²) in [6.07, 6.45) is 4.94. The van der Waals surface area contributed by atoms with E-state index in [0.717, 1.165) is 22.4 Å². The van der Waals surface area contributed by atoms with Crippen molar-refractivity contribution in [2.45, 2.75) is 6.54 Å². The SMILES string of the molecule is NCc1ccccc1-n1ncc(C(=O)c2ccccc2-c2cccnc2)c1N. The van der Waals surface area contributed by atoms with Gasteiger partial charge < -0.3 is 11.5 Å². The molecule has 0 spiro atoms. The van der Waals surface area contributed by atoms with Crippen molar-refractivity contribution < 1.29 is 4.79 Å². The number of anilines is 1. The summed E-state index contributed by atoms with van der Waals surface area (Å²) >= 11 is 0. The predicted octanol–water partition coefficient (Wildman–Crippen LogP) is 3.21. The molecule has 6 nitrogen and oxygen atoms in total. The topological polar surface area (TPSA) is 99.8 Å². The maximum absolute atomic E-state index is 13.3. The number of aromatic nitrogens is 3. The number of nitrogens with zero attached hydrogens (tertiary/aromatic N) is 3. The maximum atomic E-state index is 13.3. The summed E-state index contributed by atoms with van der Waals surface area (Å²) in [6, 6.07) is 18.7. The number of carbonyl (C=O) groups excluding carboxylic acids is 1. The summed E-state index contributed by atoms with van der Waals surface area (Å²) in [4.78, 5) is 17.4. The van der Waals surface area contributed by atoms with Gasteiger partial charge in [0.05, 0.1) is 17.4 Å². The second-order valence-corrected chi connectivity index (χ2v) is 6.30. The zero-order valence-electron chi connectivity index (χ0n) is 15.1. The van der Waals surface area contributed by atoms with E-state index in [9.17, 15) is 4.79 Å². The average molecular weight is 369 g/mol. The van der Waals surface area contributed by atoms with Crippen molar-refractivity contribution >= 4 is 11.6 Å². The van der Waals surface area contributed by atoms with E-state index >= 15 is 0 Å². The molecule has 0 aliphatic rings. The summed E-state index contributed by atoms with van der Waals surface area (Å²) in [6.45, 7) is 0.350. The van der Waals surface area contributed by atoms with Crippen LogP contribution >= 0.6 is 0 Å². The van der Waals surface area contributed by atoms with Crippen LogP contribution in [0.4, 0.5) is 5.82 Å². The molecule has 4 aromatic rings. The van der Waals surface area contributed by atoms with Gasteiger partial charge in [-0.3, -0.25) is 9.78 Å². The van der Waals surface area contributed by atoms with E-state index in [4.69, 9.17) is 11.5 Å². The van der Waals surface area contributed by atoms with Gasteiger partial charge in [-0.05, 0) is 23.3 Å². The van der Waals surface area contributed by atoms with Crippen molar-refractivity contribution in [2.24, 2.45) is 5.73 Å². The fourth-order valence-electron chi connectivity index (χ4n) is 3.21. The minimum Gasteiger partial charge on any atom is -0.383 e. The van der Waals surface area contributed by atoms with Crippen LogP contribution < -0.4 is 11.5 Å². The first kappa shape index (κ1) is 17.6. The van der Waals surface area contributed by atoms with E-state index in [1.807, 2.05) is 54.6 Å². The molecular weight excluding hydrogens is 350 g/mol. The maximum Gasteiger partial charge on any atom is 0.198 e. The van der Waals surface area contributed by atoms with Gasteiger partial charge in [-0.1, -0.05) is 48.5 Å². The van der Waals surface area contributed by atoms with Gasteiger partial charge in [-0.2, -0.15) is 5.10 Å². The van der Waals surface area contributed by atoms with E-state index in [-0.39, 0.29) is 11.6 Å². The molecule has 2 heterocycles. The van der Waals surface area contributed by atoms with Crippen LogP contribution in [0, 0.1) is 0 Å². The van der Waals surface area contributed by atoms with Crippen LogP contribution in [0.5, 0.6) is 0 Å². The molecule has 2 aromatic heterocycles. The summed E-state index contributed by atoms with van der Waals surface area (Å²) in [7, 11) is 0. The van der Waals surface area contributed by atoms with Gasteiger partial charge in [0.1, 0.15) is 5.82 Å². The standard InChI is InChI=1S/C22H19N5O/c23-12-15-6-1-4-10-20(15)27-22(24)19(14-26-27)21(28)18-9-3-2-8-17(18)16-7-5-11-25-13-16/h1-11,13-14H,12,23-24H2. The molecule has 0 saturated heterocycles. The second kappa shape index (κ2) is 7.46. The fraction of sp³-hybridized carbons (Fsp3) is 0.0455. The molecule has 0 unspecified atom stereocenters. The zero-order chi connectivity index (χ0) is 19.5. The van der Waals surface area contributed by atoms with Crippen LogP contribution in [-0.2, 0) is 6.54 Å². The van der Waals surface area contributed by atoms with Gasteiger partial charge in [0.25, 0.3) is 0 Å². The van der Waals surface area contributed by atoms with Gasteiger partial charge in [-0.25, -0.2) is 4.68 Å². The van der Waals surface area contributed by atoms with Crippen LogP contribution in [0.3, 0.4) is 0 Å². The lowest BCUT2D eigenvalue weighted by Crippen LogP contribution is -2.10. The third-order valence-corrected chi connectivity index (χ3v) is 4.64. The Labute approximate surface area is 162 Å². The lowest BCUT2D eigenvalue weighted by atomic mass is 9.95. The highest BCUT2D eigenvalue weighted by Crippen LogP contribution is 2.28. The van der Waals surface area contributed by atoms with Crippen molar-refractivity contribution in [1.29, 1.82) is 0 Å². The quantitative estimate of drug-likeness (QED) is 0.526. The van der Waals surface area contributed by atoms with Crippen molar-refractivity contribution in [3.8, 4) is 16.8 Å². The third-order valence-electron chi connectivity index (χ3n) is 4.64. The number of ketones is 1. The van der Waals surface area contributed by atoms with Gasteiger partial charge in [0, 0.05) is 30.1 Å². The highest BCUT2D eigenvalue weighted by molar-refractivity contribution is 6.15. The molecule has 4 N–H and O–H groups in total. The molecule has 2 aromatic carbocycles. The minimum atomic E-state index is -0.187. The number of nitrogens with two attached hydrogens (primary N) is 2. The Hall–Kier alpha value is -3.77. The molecule has 0 bridgehead atoms. The Bertz CT molecular complexity index is 1130. The zero-order valence-corrected chi connectivity index (χ0v) is 15.1. The van der Waals surface area contributed by atoms with Gasteiger partial charge in [0.15, 0.2) is 5.78 Å². The van der Waals surface area contributed by atoms with Crippen LogP contribution in [0.1, 0.15) is 21.5 Å². The number of pyridine rings is 1. The number of nitrogen functional groups attached to an aromatic ring is 1. The highest BCUT2D eigenvalue weighted by Gasteiger charge is 2.21. The van der Waals surface area contributed by atoms with E-state index in [0.29, 0.717) is 17.7 Å². The highest BCUT2D eigenvalue weighted by atomic mass is 16.1. The minimum absolute atomic E-state index is 0.187. The number of hydrogen-bond acceptors (Lipinski definition) is 5. The van der Waals surface area contributed by atoms with Gasteiger partial charge in [-0.15, -0.1) is 0 Å². The van der Waals surface area contributed by atoms with Crippen molar-refractivity contribution in [1.82, 2.24) is 14.8 Å². The van der Waals surface area contributed by atoms with Crippen LogP contribution in [-0.4, -0.2) is 20.5 Å². The van der Waals surface area contributed by atoms with E-state index < -0.39 is 0 Å². The molecule has 0 atom stereocenters. The average Bonchev–Trinajstić information content (AvgIpc) is 3.15. The van der Waals surface area contributed by atoms with Gasteiger partial charge >= 0.3 is 0 Å². The molecule has 0 aliphatic carbocycles. The summed E-state index contributed by atoms with van der Waals surface area (Å²) in [5.74, 6) is 0.0975. The van der Waals surface area contributed by atoms with E-state index in [1.165, 1.54) is 6.20 Å². The molecular formula is C22H19N5O. The Morgan fingerprint density at radius 2 is 1.71 bits per heavy atom.